The molecule has 1 aromatic carbocycles. The summed E-state index contributed by atoms with van der Waals surface area (Å²) in [6.45, 7) is 6.38. The molecule has 0 aliphatic heterocycles. The minimum Gasteiger partial charge on any atom is -0.329 e. The second-order valence-electron chi connectivity index (χ2n) is 5.43. The Morgan fingerprint density at radius 1 is 1.32 bits per heavy atom. The first kappa shape index (κ1) is 16.1. The molecule has 1 atom stereocenters. The molecule has 108 valence electrons. The van der Waals surface area contributed by atoms with Crippen LogP contribution in [0.1, 0.15) is 31.4 Å². The summed E-state index contributed by atoms with van der Waals surface area (Å²) in [6.07, 6.45) is 0.754. The normalized spacial score (nSPS) is 13.7. The van der Waals surface area contributed by atoms with E-state index in [-0.39, 0.29) is 11.8 Å². The molecular formula is C14H24N2O2S. The van der Waals surface area contributed by atoms with Crippen LogP contribution < -0.4 is 10.5 Å². The van der Waals surface area contributed by atoms with Crippen LogP contribution in [0.3, 0.4) is 0 Å². The van der Waals surface area contributed by atoms with Crippen molar-refractivity contribution < 1.29 is 8.42 Å². The zero-order valence-electron chi connectivity index (χ0n) is 11.9. The van der Waals surface area contributed by atoms with Gasteiger partial charge in [0.15, 0.2) is 0 Å². The highest BCUT2D eigenvalue weighted by molar-refractivity contribution is 7.88. The van der Waals surface area contributed by atoms with Crippen molar-refractivity contribution in [2.24, 2.45) is 11.7 Å². The maximum Gasteiger partial charge on any atom is 0.216 e. The molecule has 0 saturated carbocycles. The lowest BCUT2D eigenvalue weighted by Crippen LogP contribution is -2.41. The molecule has 0 radical (unpaired) electrons. The molecule has 0 fully saturated rings. The largest absolute Gasteiger partial charge is 0.329 e. The number of nitrogens with two attached hydrogens (primary N) is 1. The van der Waals surface area contributed by atoms with Crippen LogP contribution in [0.2, 0.25) is 0 Å². The van der Waals surface area contributed by atoms with Crippen molar-refractivity contribution in [2.45, 2.75) is 39.0 Å². The van der Waals surface area contributed by atoms with Gasteiger partial charge in [-0.05, 0) is 24.8 Å². The molecule has 0 bridgehead atoms. The first-order valence-corrected chi connectivity index (χ1v) is 8.23. The fourth-order valence-corrected chi connectivity index (χ4v) is 3.48. The maximum atomic E-state index is 12.1. The molecule has 1 rings (SSSR count). The van der Waals surface area contributed by atoms with Gasteiger partial charge in [0.25, 0.3) is 0 Å². The van der Waals surface area contributed by atoms with Crippen LogP contribution in [0.4, 0.5) is 0 Å². The van der Waals surface area contributed by atoms with Crippen LogP contribution in [0.25, 0.3) is 0 Å². The smallest absolute Gasteiger partial charge is 0.216 e. The molecule has 0 saturated heterocycles. The van der Waals surface area contributed by atoms with Crippen molar-refractivity contribution in [3.05, 3.63) is 35.4 Å². The monoisotopic (exact) mass is 284 g/mol. The molecule has 0 amide bonds. The van der Waals surface area contributed by atoms with Crippen LogP contribution in [0.5, 0.6) is 0 Å². The van der Waals surface area contributed by atoms with Crippen molar-refractivity contribution in [3.63, 3.8) is 0 Å². The standard InChI is InChI=1S/C14H24N2O2S/c1-11(2)7-14(9-15)16-19(17,18)10-13-6-4-5-12(3)8-13/h4-6,8,11,14,16H,7,9-10,15H2,1-3H3. The van der Waals surface area contributed by atoms with Gasteiger partial charge in [0, 0.05) is 12.6 Å². The van der Waals surface area contributed by atoms with Gasteiger partial charge in [-0.25, -0.2) is 13.1 Å². The van der Waals surface area contributed by atoms with E-state index >= 15 is 0 Å². The van der Waals surface area contributed by atoms with Gasteiger partial charge in [-0.1, -0.05) is 43.7 Å². The summed E-state index contributed by atoms with van der Waals surface area (Å²) < 4.78 is 26.9. The third-order valence-corrected chi connectivity index (χ3v) is 4.23. The number of nitrogens with one attached hydrogen (secondary N) is 1. The Morgan fingerprint density at radius 3 is 2.53 bits per heavy atom. The van der Waals surface area contributed by atoms with E-state index in [1.807, 2.05) is 31.2 Å². The van der Waals surface area contributed by atoms with Gasteiger partial charge in [-0.3, -0.25) is 0 Å². The predicted octanol–water partition coefficient (Wildman–Crippen LogP) is 1.79. The number of hydrogen-bond donors (Lipinski definition) is 2. The number of aryl methyl sites for hydroxylation is 1. The van der Waals surface area contributed by atoms with Crippen LogP contribution in [-0.4, -0.2) is 21.0 Å². The summed E-state index contributed by atoms with van der Waals surface area (Å²) >= 11 is 0. The van der Waals surface area contributed by atoms with Crippen molar-refractivity contribution >= 4 is 10.0 Å². The molecule has 19 heavy (non-hydrogen) atoms. The fraction of sp³-hybridized carbons (Fsp3) is 0.571. The minimum atomic E-state index is -3.34. The maximum absolute atomic E-state index is 12.1. The molecule has 0 aliphatic carbocycles. The quantitative estimate of drug-likeness (QED) is 0.802. The Hall–Kier alpha value is -0.910. The number of benzene rings is 1. The van der Waals surface area contributed by atoms with Gasteiger partial charge in [0.05, 0.1) is 5.75 Å². The predicted molar refractivity (Wildman–Crippen MR) is 79.2 cm³/mol. The van der Waals surface area contributed by atoms with Gasteiger partial charge in [-0.15, -0.1) is 0 Å². The first-order valence-electron chi connectivity index (χ1n) is 6.58. The first-order chi connectivity index (χ1) is 8.82. The zero-order chi connectivity index (χ0) is 14.5. The lowest BCUT2D eigenvalue weighted by Gasteiger charge is -2.18. The summed E-state index contributed by atoms with van der Waals surface area (Å²) in [5.74, 6) is 0.415. The van der Waals surface area contributed by atoms with Crippen molar-refractivity contribution in [3.8, 4) is 0 Å². The number of sulfonamides is 1. The Bertz CT molecular complexity index is 498. The highest BCUT2D eigenvalue weighted by Crippen LogP contribution is 2.10. The van der Waals surface area contributed by atoms with Gasteiger partial charge in [0.1, 0.15) is 0 Å². The van der Waals surface area contributed by atoms with E-state index in [1.54, 1.807) is 0 Å². The highest BCUT2D eigenvalue weighted by atomic mass is 32.2. The topological polar surface area (TPSA) is 72.2 Å². The Kier molecular flexibility index (Phi) is 5.97. The van der Waals surface area contributed by atoms with E-state index < -0.39 is 10.0 Å². The van der Waals surface area contributed by atoms with E-state index in [1.165, 1.54) is 0 Å². The Balaban J connectivity index is 2.70. The van der Waals surface area contributed by atoms with E-state index in [9.17, 15) is 8.42 Å². The highest BCUT2D eigenvalue weighted by Gasteiger charge is 2.18. The molecule has 1 aromatic rings. The van der Waals surface area contributed by atoms with Gasteiger partial charge in [0.2, 0.25) is 10.0 Å². The molecule has 3 N–H and O–H groups in total. The van der Waals surface area contributed by atoms with Crippen LogP contribution in [0.15, 0.2) is 24.3 Å². The summed E-state index contributed by atoms with van der Waals surface area (Å²) in [7, 11) is -3.34. The lowest BCUT2D eigenvalue weighted by molar-refractivity contribution is 0.465. The summed E-state index contributed by atoms with van der Waals surface area (Å²) in [5.41, 5.74) is 7.48. The van der Waals surface area contributed by atoms with E-state index in [4.69, 9.17) is 5.73 Å². The molecule has 4 nitrogen and oxygen atoms in total. The van der Waals surface area contributed by atoms with E-state index in [2.05, 4.69) is 18.6 Å². The molecule has 0 aliphatic rings. The van der Waals surface area contributed by atoms with E-state index in [0.29, 0.717) is 12.5 Å². The van der Waals surface area contributed by atoms with Crippen LogP contribution in [-0.2, 0) is 15.8 Å². The average Bonchev–Trinajstić information content (AvgIpc) is 2.26. The SMILES string of the molecule is Cc1cccc(CS(=O)(=O)NC(CN)CC(C)C)c1. The second kappa shape index (κ2) is 7.03. The van der Waals surface area contributed by atoms with Gasteiger partial charge >= 0.3 is 0 Å². The third-order valence-electron chi connectivity index (χ3n) is 2.83. The molecule has 5 heteroatoms. The average molecular weight is 284 g/mol. The summed E-state index contributed by atoms with van der Waals surface area (Å²) in [6, 6.07) is 7.35. The van der Waals surface area contributed by atoms with Crippen molar-refractivity contribution in [2.75, 3.05) is 6.54 Å². The molecule has 0 aromatic heterocycles. The number of rotatable bonds is 7. The zero-order valence-corrected chi connectivity index (χ0v) is 12.7. The summed E-state index contributed by atoms with van der Waals surface area (Å²) in [5, 5.41) is 0. The molecule has 0 heterocycles. The Morgan fingerprint density at radius 2 is 2.00 bits per heavy atom. The van der Waals surface area contributed by atoms with Crippen LogP contribution >= 0.6 is 0 Å². The summed E-state index contributed by atoms with van der Waals surface area (Å²) in [4.78, 5) is 0. The molecule has 0 spiro atoms. The van der Waals surface area contributed by atoms with Crippen molar-refractivity contribution in [1.29, 1.82) is 0 Å². The van der Waals surface area contributed by atoms with E-state index in [0.717, 1.165) is 17.5 Å². The third kappa shape index (κ3) is 6.18. The Labute approximate surface area is 116 Å². The number of hydrogen-bond acceptors (Lipinski definition) is 3. The van der Waals surface area contributed by atoms with Crippen LogP contribution in [0, 0.1) is 12.8 Å². The molecule has 1 unspecified atom stereocenters. The van der Waals surface area contributed by atoms with Gasteiger partial charge in [-0.2, -0.15) is 0 Å². The minimum absolute atomic E-state index is 0.00325. The molecular weight excluding hydrogens is 260 g/mol. The second-order valence-corrected chi connectivity index (χ2v) is 7.18. The fourth-order valence-electron chi connectivity index (χ4n) is 2.08. The van der Waals surface area contributed by atoms with Crippen molar-refractivity contribution in [1.82, 2.24) is 4.72 Å². The van der Waals surface area contributed by atoms with Gasteiger partial charge < -0.3 is 5.73 Å². The lowest BCUT2D eigenvalue weighted by atomic mass is 10.1.